The van der Waals surface area contributed by atoms with Gasteiger partial charge in [-0.25, -0.2) is 10.9 Å². The van der Waals surface area contributed by atoms with Crippen molar-refractivity contribution < 1.29 is 4.79 Å². The molecule has 1 aromatic rings. The molecule has 1 aromatic carbocycles. The Morgan fingerprint density at radius 1 is 1.22 bits per heavy atom. The van der Waals surface area contributed by atoms with Crippen molar-refractivity contribution in [1.82, 2.24) is 16.2 Å². The number of nitrogens with one attached hydrogen (secondary N) is 3. The van der Waals surface area contributed by atoms with Gasteiger partial charge in [-0.05, 0) is 17.2 Å². The first-order valence-corrected chi connectivity index (χ1v) is 7.19. The van der Waals surface area contributed by atoms with Crippen molar-refractivity contribution in [2.75, 3.05) is 5.75 Å². The van der Waals surface area contributed by atoms with Crippen molar-refractivity contribution in [2.24, 2.45) is 5.92 Å². The molecule has 2 unspecified atom stereocenters. The zero-order valence-electron chi connectivity index (χ0n) is 10.6. The lowest BCUT2D eigenvalue weighted by atomic mass is 10.1. The van der Waals surface area contributed by atoms with E-state index in [1.54, 1.807) is 11.8 Å². The van der Waals surface area contributed by atoms with Gasteiger partial charge in [0, 0.05) is 0 Å². The Kier molecular flexibility index (Phi) is 4.63. The van der Waals surface area contributed by atoms with Crippen LogP contribution in [0.3, 0.4) is 0 Å². The molecular formula is C13H19N3OS. The van der Waals surface area contributed by atoms with Gasteiger partial charge in [-0.3, -0.25) is 4.79 Å². The number of amides is 1. The second kappa shape index (κ2) is 6.22. The fraction of sp³-hybridized carbons (Fsp3) is 0.462. The van der Waals surface area contributed by atoms with E-state index in [-0.39, 0.29) is 17.4 Å². The molecule has 5 heteroatoms. The first kappa shape index (κ1) is 13.4. The molecule has 2 atom stereocenters. The maximum absolute atomic E-state index is 12.0. The SMILES string of the molecule is CC(C)CSC1NNC(c2ccccc2)C(=O)N1. The third-order valence-electron chi connectivity index (χ3n) is 2.62. The summed E-state index contributed by atoms with van der Waals surface area (Å²) in [6.45, 7) is 4.33. The van der Waals surface area contributed by atoms with E-state index in [4.69, 9.17) is 0 Å². The largest absolute Gasteiger partial charge is 0.329 e. The van der Waals surface area contributed by atoms with Crippen LogP contribution in [0, 0.1) is 5.92 Å². The summed E-state index contributed by atoms with van der Waals surface area (Å²) in [7, 11) is 0. The quantitative estimate of drug-likeness (QED) is 0.774. The second-order valence-corrected chi connectivity index (χ2v) is 5.89. The van der Waals surface area contributed by atoms with Crippen LogP contribution in [0.25, 0.3) is 0 Å². The summed E-state index contributed by atoms with van der Waals surface area (Å²) in [6, 6.07) is 9.38. The molecule has 18 heavy (non-hydrogen) atoms. The van der Waals surface area contributed by atoms with Crippen LogP contribution in [0.1, 0.15) is 25.5 Å². The summed E-state index contributed by atoms with van der Waals surface area (Å²) in [5, 5.41) is 2.97. The Labute approximate surface area is 112 Å². The Balaban J connectivity index is 1.91. The molecule has 0 spiro atoms. The zero-order chi connectivity index (χ0) is 13.0. The van der Waals surface area contributed by atoms with Crippen molar-refractivity contribution in [3.63, 3.8) is 0 Å². The van der Waals surface area contributed by atoms with Gasteiger partial charge < -0.3 is 5.32 Å². The Morgan fingerprint density at radius 3 is 2.56 bits per heavy atom. The van der Waals surface area contributed by atoms with Gasteiger partial charge in [-0.15, -0.1) is 11.8 Å². The fourth-order valence-corrected chi connectivity index (χ4v) is 2.65. The van der Waals surface area contributed by atoms with E-state index in [0.717, 1.165) is 11.3 Å². The van der Waals surface area contributed by atoms with Crippen LogP contribution in [0.4, 0.5) is 0 Å². The van der Waals surface area contributed by atoms with Gasteiger partial charge in [0.1, 0.15) is 11.5 Å². The number of benzene rings is 1. The first-order valence-electron chi connectivity index (χ1n) is 6.15. The van der Waals surface area contributed by atoms with Crippen LogP contribution in [-0.2, 0) is 4.79 Å². The average Bonchev–Trinajstić information content (AvgIpc) is 2.37. The van der Waals surface area contributed by atoms with Crippen LogP contribution in [0.2, 0.25) is 0 Å². The number of hydrogen-bond acceptors (Lipinski definition) is 4. The molecule has 0 bridgehead atoms. The molecule has 4 nitrogen and oxygen atoms in total. The van der Waals surface area contributed by atoms with E-state index in [1.807, 2.05) is 30.3 Å². The summed E-state index contributed by atoms with van der Waals surface area (Å²) in [6.07, 6.45) is 0. The highest BCUT2D eigenvalue weighted by Gasteiger charge is 2.28. The molecule has 0 aromatic heterocycles. The lowest BCUT2D eigenvalue weighted by molar-refractivity contribution is -0.125. The summed E-state index contributed by atoms with van der Waals surface area (Å²) in [5.41, 5.74) is 7.12. The van der Waals surface area contributed by atoms with E-state index in [2.05, 4.69) is 30.0 Å². The predicted octanol–water partition coefficient (Wildman–Crippen LogP) is 1.62. The molecule has 98 valence electrons. The molecule has 1 amide bonds. The smallest absolute Gasteiger partial charge is 0.244 e. The standard InChI is InChI=1S/C13H19N3OS/c1-9(2)8-18-13-14-12(17)11(15-16-13)10-6-4-3-5-7-10/h3-7,9,11,13,15-16H,8H2,1-2H3,(H,14,17). The highest BCUT2D eigenvalue weighted by atomic mass is 32.2. The van der Waals surface area contributed by atoms with Crippen molar-refractivity contribution in [3.05, 3.63) is 35.9 Å². The van der Waals surface area contributed by atoms with Crippen LogP contribution in [0.5, 0.6) is 0 Å². The molecule has 1 aliphatic rings. The van der Waals surface area contributed by atoms with Crippen molar-refractivity contribution in [1.29, 1.82) is 0 Å². The lowest BCUT2D eigenvalue weighted by Crippen LogP contribution is -2.60. The number of rotatable bonds is 4. The molecule has 0 aliphatic carbocycles. The molecular weight excluding hydrogens is 246 g/mol. The Bertz CT molecular complexity index is 396. The van der Waals surface area contributed by atoms with E-state index < -0.39 is 0 Å². The molecule has 1 fully saturated rings. The maximum atomic E-state index is 12.0. The molecule has 0 radical (unpaired) electrons. The summed E-state index contributed by atoms with van der Waals surface area (Å²) in [4.78, 5) is 12.0. The third-order valence-corrected chi connectivity index (χ3v) is 4.05. The summed E-state index contributed by atoms with van der Waals surface area (Å²) in [5.74, 6) is 1.64. The number of hydrazine groups is 1. The van der Waals surface area contributed by atoms with Crippen LogP contribution in [-0.4, -0.2) is 17.2 Å². The van der Waals surface area contributed by atoms with Gasteiger partial charge in [-0.1, -0.05) is 44.2 Å². The fourth-order valence-electron chi connectivity index (χ4n) is 1.73. The minimum atomic E-state index is -0.318. The highest BCUT2D eigenvalue weighted by molar-refractivity contribution is 7.99. The average molecular weight is 265 g/mol. The van der Waals surface area contributed by atoms with Gasteiger partial charge in [0.2, 0.25) is 5.91 Å². The van der Waals surface area contributed by atoms with E-state index in [1.165, 1.54) is 0 Å². The van der Waals surface area contributed by atoms with Crippen LogP contribution in [0.15, 0.2) is 30.3 Å². The van der Waals surface area contributed by atoms with Gasteiger partial charge in [0.15, 0.2) is 0 Å². The normalized spacial score (nSPS) is 24.1. The zero-order valence-corrected chi connectivity index (χ0v) is 11.5. The van der Waals surface area contributed by atoms with Crippen molar-refractivity contribution in [2.45, 2.75) is 25.4 Å². The Hall–Kier alpha value is -1.04. The van der Waals surface area contributed by atoms with Crippen molar-refractivity contribution in [3.8, 4) is 0 Å². The van der Waals surface area contributed by atoms with E-state index >= 15 is 0 Å². The highest BCUT2D eigenvalue weighted by Crippen LogP contribution is 2.18. The molecule has 1 aliphatic heterocycles. The first-order chi connectivity index (χ1) is 8.66. The summed E-state index contributed by atoms with van der Waals surface area (Å²) < 4.78 is 0. The molecule has 2 rings (SSSR count). The monoisotopic (exact) mass is 265 g/mol. The maximum Gasteiger partial charge on any atom is 0.244 e. The Morgan fingerprint density at radius 2 is 1.94 bits per heavy atom. The predicted molar refractivity (Wildman–Crippen MR) is 74.7 cm³/mol. The van der Waals surface area contributed by atoms with Gasteiger partial charge in [0.25, 0.3) is 0 Å². The summed E-state index contributed by atoms with van der Waals surface area (Å²) >= 11 is 1.70. The number of carbonyl (C=O) groups is 1. The molecule has 1 heterocycles. The van der Waals surface area contributed by atoms with Crippen LogP contribution >= 0.6 is 11.8 Å². The van der Waals surface area contributed by atoms with E-state index in [0.29, 0.717) is 5.92 Å². The van der Waals surface area contributed by atoms with Crippen LogP contribution < -0.4 is 16.2 Å². The minimum Gasteiger partial charge on any atom is -0.329 e. The topological polar surface area (TPSA) is 53.2 Å². The number of thioether (sulfide) groups is 1. The van der Waals surface area contributed by atoms with Gasteiger partial charge >= 0.3 is 0 Å². The lowest BCUT2D eigenvalue weighted by Gasteiger charge is -2.31. The van der Waals surface area contributed by atoms with E-state index in [9.17, 15) is 4.79 Å². The second-order valence-electron chi connectivity index (χ2n) is 4.75. The molecule has 0 saturated carbocycles. The number of carbonyl (C=O) groups excluding carboxylic acids is 1. The van der Waals surface area contributed by atoms with Crippen molar-refractivity contribution >= 4 is 17.7 Å². The molecule has 1 saturated heterocycles. The molecule has 3 N–H and O–H groups in total. The van der Waals surface area contributed by atoms with Gasteiger partial charge in [-0.2, -0.15) is 0 Å². The number of hydrogen-bond donors (Lipinski definition) is 3. The third kappa shape index (κ3) is 3.48. The minimum absolute atomic E-state index is 0.0150. The van der Waals surface area contributed by atoms with Gasteiger partial charge in [0.05, 0.1) is 0 Å².